The lowest BCUT2D eigenvalue weighted by atomic mass is 9.84. The number of aliphatic hydroxyl groups is 2. The first-order valence-electron chi connectivity index (χ1n) is 15.6. The molecule has 7 nitrogen and oxygen atoms in total. The van der Waals surface area contributed by atoms with Gasteiger partial charge in [-0.3, -0.25) is 4.79 Å². The van der Waals surface area contributed by atoms with Crippen LogP contribution in [0.4, 0.5) is 27.6 Å². The van der Waals surface area contributed by atoms with E-state index in [0.717, 1.165) is 16.7 Å². The lowest BCUT2D eigenvalue weighted by molar-refractivity contribution is -0.253. The second-order valence-electron chi connectivity index (χ2n) is 12.2. The zero-order valence-corrected chi connectivity index (χ0v) is 26.7. The van der Waals surface area contributed by atoms with E-state index in [1.807, 2.05) is 36.4 Å². The molecule has 258 valence electrons. The van der Waals surface area contributed by atoms with Crippen molar-refractivity contribution in [3.8, 4) is 0 Å². The number of hydrogen-bond acceptors (Lipinski definition) is 6. The minimum Gasteiger partial charge on any atom is -0.392 e. The van der Waals surface area contributed by atoms with Crippen LogP contribution in [0.1, 0.15) is 64.3 Å². The highest BCUT2D eigenvalue weighted by Gasteiger charge is 2.37. The summed E-state index contributed by atoms with van der Waals surface area (Å²) in [6, 6.07) is 20.5. The molecule has 6 rings (SSSR count). The van der Waals surface area contributed by atoms with E-state index in [9.17, 15) is 37.0 Å². The van der Waals surface area contributed by atoms with Crippen LogP contribution in [0, 0.1) is 29.1 Å². The van der Waals surface area contributed by atoms with E-state index in [1.54, 1.807) is 24.3 Å². The summed E-state index contributed by atoms with van der Waals surface area (Å²) in [5, 5.41) is 23.6. The van der Waals surface area contributed by atoms with E-state index in [1.165, 1.54) is 12.1 Å². The van der Waals surface area contributed by atoms with Crippen LogP contribution in [-0.4, -0.2) is 46.8 Å². The molecule has 2 fully saturated rings. The first-order chi connectivity index (χ1) is 23.5. The number of hydrogen-bond donors (Lipinski definition) is 3. The molecule has 2 heterocycles. The summed E-state index contributed by atoms with van der Waals surface area (Å²) in [5.41, 5.74) is 0.449. The molecule has 4 aromatic carbocycles. The monoisotopic (exact) mass is 702 g/mol. The Morgan fingerprint density at radius 1 is 0.816 bits per heavy atom. The number of benzene rings is 4. The molecule has 0 aromatic heterocycles. The Morgan fingerprint density at radius 3 is 1.98 bits per heavy atom. The predicted molar refractivity (Wildman–Crippen MR) is 170 cm³/mol. The summed E-state index contributed by atoms with van der Waals surface area (Å²) in [6.45, 7) is 1.69. The van der Waals surface area contributed by atoms with Crippen LogP contribution >= 0.6 is 11.6 Å². The number of carbonyl (C=O) groups is 1. The van der Waals surface area contributed by atoms with Gasteiger partial charge in [0.25, 0.3) is 5.91 Å². The van der Waals surface area contributed by atoms with Gasteiger partial charge in [-0.2, -0.15) is 0 Å². The number of anilines is 1. The lowest BCUT2D eigenvalue weighted by Gasteiger charge is -2.42. The molecule has 49 heavy (non-hydrogen) atoms. The third-order valence-corrected chi connectivity index (χ3v) is 9.27. The lowest BCUT2D eigenvalue weighted by Crippen LogP contribution is -2.46. The van der Waals surface area contributed by atoms with Gasteiger partial charge in [0, 0.05) is 42.3 Å². The summed E-state index contributed by atoms with van der Waals surface area (Å²) < 4.78 is 81.8. The fourth-order valence-electron chi connectivity index (χ4n) is 6.20. The molecule has 4 aromatic rings. The number of amides is 1. The van der Waals surface area contributed by atoms with Gasteiger partial charge in [0.05, 0.1) is 24.4 Å². The Kier molecular flexibility index (Phi) is 10.4. The van der Waals surface area contributed by atoms with Crippen molar-refractivity contribution in [2.45, 2.75) is 50.0 Å². The van der Waals surface area contributed by atoms with Gasteiger partial charge in [0.1, 0.15) is 5.56 Å². The third kappa shape index (κ3) is 7.49. The summed E-state index contributed by atoms with van der Waals surface area (Å²) >= 11 is 6.03. The predicted octanol–water partition coefficient (Wildman–Crippen LogP) is 7.31. The maximum atomic E-state index is 14.2. The second kappa shape index (κ2) is 14.5. The molecule has 3 N–H and O–H groups in total. The van der Waals surface area contributed by atoms with E-state index < -0.39 is 52.4 Å². The summed E-state index contributed by atoms with van der Waals surface area (Å²) in [5.74, 6) is -12.8. The van der Waals surface area contributed by atoms with Gasteiger partial charge in [-0.05, 0) is 53.8 Å². The summed E-state index contributed by atoms with van der Waals surface area (Å²) in [4.78, 5) is 14.8. The second-order valence-corrected chi connectivity index (χ2v) is 12.6. The Bertz CT molecular complexity index is 1770. The fourth-order valence-corrected chi connectivity index (χ4v) is 6.32. The fraction of sp³-hybridized carbons (Fsp3) is 0.306. The zero-order chi connectivity index (χ0) is 34.9. The SMILES string of the molecule is O=C(Nc1ccc([C@H]2O[C@@H](CN3CCC(O)(c4ccc(Cl)cc4)CC3)C[C@@H](c3ccc(CO)cc3)O2)cc1)c1c(F)c(F)c(F)c(F)c1F. The average Bonchev–Trinajstić information content (AvgIpc) is 3.11. The number of nitrogens with zero attached hydrogens (tertiary/aromatic N) is 1. The molecule has 0 aliphatic carbocycles. The molecule has 0 saturated carbocycles. The molecule has 0 radical (unpaired) electrons. The van der Waals surface area contributed by atoms with E-state index in [2.05, 4.69) is 10.2 Å². The summed E-state index contributed by atoms with van der Waals surface area (Å²) in [7, 11) is 0. The number of rotatable bonds is 8. The normalized spacial score (nSPS) is 21.0. The number of carbonyl (C=O) groups excluding carboxylic acids is 1. The molecule has 2 aliphatic rings. The van der Waals surface area contributed by atoms with E-state index in [0.29, 0.717) is 49.5 Å². The largest absolute Gasteiger partial charge is 0.392 e. The van der Waals surface area contributed by atoms with Crippen molar-refractivity contribution in [3.05, 3.63) is 135 Å². The number of likely N-dealkylation sites (tertiary alicyclic amines) is 1. The average molecular weight is 703 g/mol. The van der Waals surface area contributed by atoms with Crippen molar-refractivity contribution < 1.29 is 46.4 Å². The molecule has 13 heteroatoms. The number of halogens is 6. The third-order valence-electron chi connectivity index (χ3n) is 9.02. The minimum atomic E-state index is -2.36. The maximum Gasteiger partial charge on any atom is 0.261 e. The highest BCUT2D eigenvalue weighted by molar-refractivity contribution is 6.30. The maximum absolute atomic E-state index is 14.2. The highest BCUT2D eigenvalue weighted by atomic mass is 35.5. The van der Waals surface area contributed by atoms with Crippen LogP contribution in [-0.2, 0) is 21.7 Å². The van der Waals surface area contributed by atoms with Crippen molar-refractivity contribution >= 4 is 23.2 Å². The number of ether oxygens (including phenoxy) is 2. The molecule has 0 unspecified atom stereocenters. The quantitative estimate of drug-likeness (QED) is 0.101. The van der Waals surface area contributed by atoms with Gasteiger partial charge >= 0.3 is 0 Å². The van der Waals surface area contributed by atoms with Crippen molar-refractivity contribution in [2.75, 3.05) is 25.0 Å². The van der Waals surface area contributed by atoms with Gasteiger partial charge in [-0.1, -0.05) is 60.1 Å². The van der Waals surface area contributed by atoms with Crippen molar-refractivity contribution in [1.29, 1.82) is 0 Å². The van der Waals surface area contributed by atoms with Crippen LogP contribution in [0.15, 0.2) is 72.8 Å². The van der Waals surface area contributed by atoms with Gasteiger partial charge in [-0.25, -0.2) is 22.0 Å². The molecule has 3 atom stereocenters. The molecular formula is C36H32ClF5N2O5. The van der Waals surface area contributed by atoms with Crippen LogP contribution in [0.3, 0.4) is 0 Å². The van der Waals surface area contributed by atoms with E-state index in [-0.39, 0.29) is 24.5 Å². The number of nitrogens with one attached hydrogen (secondary N) is 1. The molecule has 2 saturated heterocycles. The Morgan fingerprint density at radius 2 is 1.39 bits per heavy atom. The highest BCUT2D eigenvalue weighted by Crippen LogP contribution is 2.40. The molecule has 0 spiro atoms. The smallest absolute Gasteiger partial charge is 0.261 e. The van der Waals surface area contributed by atoms with Crippen LogP contribution < -0.4 is 5.32 Å². The zero-order valence-electron chi connectivity index (χ0n) is 25.9. The van der Waals surface area contributed by atoms with Crippen LogP contribution in [0.2, 0.25) is 5.02 Å². The van der Waals surface area contributed by atoms with Gasteiger partial charge in [-0.15, -0.1) is 0 Å². The topological polar surface area (TPSA) is 91.3 Å². The standard InChI is InChI=1S/C36H32ClF5N2O5/c37-24-9-7-23(8-10-24)36(47)13-15-44(16-14-36)18-26-17-27(21-3-1-20(19-45)2-4-21)49-35(48-26)22-5-11-25(12-6-22)43-34(46)28-29(38)31(40)33(42)32(41)30(28)39/h1-12,26-27,35,45,47H,13-19H2,(H,43,46)/t26-,27+,35+/m1/s1. The Balaban J connectivity index is 1.17. The van der Waals surface area contributed by atoms with Crippen molar-refractivity contribution in [1.82, 2.24) is 4.90 Å². The minimum absolute atomic E-state index is 0.0303. The Labute approximate surface area is 283 Å². The number of aliphatic hydroxyl groups excluding tert-OH is 1. The van der Waals surface area contributed by atoms with Crippen LogP contribution in [0.25, 0.3) is 0 Å². The molecule has 1 amide bonds. The van der Waals surface area contributed by atoms with Gasteiger partial charge in [0.2, 0.25) is 5.82 Å². The van der Waals surface area contributed by atoms with Gasteiger partial charge < -0.3 is 29.9 Å². The van der Waals surface area contributed by atoms with Crippen molar-refractivity contribution in [2.24, 2.45) is 0 Å². The number of piperidine rings is 1. The van der Waals surface area contributed by atoms with Gasteiger partial charge in [0.15, 0.2) is 29.6 Å². The molecule has 0 bridgehead atoms. The van der Waals surface area contributed by atoms with E-state index in [4.69, 9.17) is 21.1 Å². The van der Waals surface area contributed by atoms with Crippen LogP contribution in [0.5, 0.6) is 0 Å². The van der Waals surface area contributed by atoms with Crippen molar-refractivity contribution in [3.63, 3.8) is 0 Å². The van der Waals surface area contributed by atoms with E-state index >= 15 is 0 Å². The Hall–Kier alpha value is -3.91. The first-order valence-corrected chi connectivity index (χ1v) is 16.0. The molecule has 2 aliphatic heterocycles. The first kappa shape index (κ1) is 34.9. The molecular weight excluding hydrogens is 671 g/mol. The summed E-state index contributed by atoms with van der Waals surface area (Å²) in [6.07, 6.45) is 0.00878.